The molecule has 2 N–H and O–H groups in total. The number of aromatic nitrogens is 4. The molecule has 0 radical (unpaired) electrons. The second-order valence-corrected chi connectivity index (χ2v) is 4.35. The number of hydrogen-bond donors (Lipinski definition) is 1. The van der Waals surface area contributed by atoms with E-state index in [-0.39, 0.29) is 6.04 Å². The first-order chi connectivity index (χ1) is 8.11. The number of hydrogen-bond acceptors (Lipinski definition) is 3. The van der Waals surface area contributed by atoms with Crippen LogP contribution in [0.3, 0.4) is 0 Å². The topological polar surface area (TPSA) is 61.7 Å². The van der Waals surface area contributed by atoms with Crippen molar-refractivity contribution in [3.05, 3.63) is 35.4 Å². The van der Waals surface area contributed by atoms with Crippen molar-refractivity contribution in [2.24, 2.45) is 12.8 Å². The van der Waals surface area contributed by atoms with Gasteiger partial charge in [0.15, 0.2) is 0 Å². The third kappa shape index (κ3) is 2.39. The third-order valence-electron chi connectivity index (χ3n) is 2.82. The van der Waals surface area contributed by atoms with Crippen molar-refractivity contribution in [2.75, 3.05) is 0 Å². The third-order valence-corrected chi connectivity index (χ3v) is 2.82. The molecule has 5 heteroatoms. The predicted molar refractivity (Wildman–Crippen MR) is 66.5 cm³/mol. The Morgan fingerprint density at radius 3 is 2.82 bits per heavy atom. The van der Waals surface area contributed by atoms with Gasteiger partial charge in [-0.1, -0.05) is 6.92 Å². The zero-order chi connectivity index (χ0) is 12.4. The molecule has 0 bridgehead atoms. The number of nitrogens with zero attached hydrogens (tertiary/aromatic N) is 4. The van der Waals surface area contributed by atoms with Gasteiger partial charge in [0.2, 0.25) is 0 Å². The second-order valence-electron chi connectivity index (χ2n) is 4.35. The molecule has 1 unspecified atom stereocenters. The predicted octanol–water partition coefficient (Wildman–Crippen LogP) is 1.38. The highest BCUT2D eigenvalue weighted by Gasteiger charge is 2.15. The minimum Gasteiger partial charge on any atom is -0.319 e. The summed E-state index contributed by atoms with van der Waals surface area (Å²) in [6.45, 7) is 5.03. The molecule has 0 aliphatic rings. The Labute approximate surface area is 101 Å². The van der Waals surface area contributed by atoms with Gasteiger partial charge in [0.1, 0.15) is 0 Å². The summed E-state index contributed by atoms with van der Waals surface area (Å²) in [6, 6.07) is 1.86. The van der Waals surface area contributed by atoms with Gasteiger partial charge >= 0.3 is 0 Å². The van der Waals surface area contributed by atoms with Gasteiger partial charge in [0, 0.05) is 25.4 Å². The first-order valence-corrected chi connectivity index (χ1v) is 5.90. The summed E-state index contributed by atoms with van der Waals surface area (Å²) in [7, 11) is 1.92. The van der Waals surface area contributed by atoms with E-state index in [0.717, 1.165) is 29.9 Å². The Kier molecular flexibility index (Phi) is 3.28. The van der Waals surface area contributed by atoms with Gasteiger partial charge in [-0.05, 0) is 19.4 Å². The smallest absolute Gasteiger partial charge is 0.0754 e. The molecule has 0 saturated carbocycles. The summed E-state index contributed by atoms with van der Waals surface area (Å²) in [5.41, 5.74) is 9.25. The standard InChI is InChI=1S/C12H19N5/c1-4-5-17-8-10(7-14-17)12(13)11-6-9(2)15-16(11)3/h6-8,12H,4-5,13H2,1-3H3. The van der Waals surface area contributed by atoms with Crippen LogP contribution in [0.1, 0.15) is 36.3 Å². The maximum absolute atomic E-state index is 6.23. The summed E-state index contributed by atoms with van der Waals surface area (Å²) in [5.74, 6) is 0. The van der Waals surface area contributed by atoms with Crippen LogP contribution < -0.4 is 5.73 Å². The summed E-state index contributed by atoms with van der Waals surface area (Å²) < 4.78 is 3.76. The van der Waals surface area contributed by atoms with E-state index in [1.54, 1.807) is 0 Å². The van der Waals surface area contributed by atoms with Crippen LogP contribution in [0.4, 0.5) is 0 Å². The van der Waals surface area contributed by atoms with E-state index < -0.39 is 0 Å². The molecule has 2 heterocycles. The van der Waals surface area contributed by atoms with Crippen molar-refractivity contribution in [3.63, 3.8) is 0 Å². The molecular formula is C12H19N5. The van der Waals surface area contributed by atoms with E-state index in [9.17, 15) is 0 Å². The molecule has 17 heavy (non-hydrogen) atoms. The Hall–Kier alpha value is -1.62. The normalized spacial score (nSPS) is 12.9. The van der Waals surface area contributed by atoms with E-state index in [2.05, 4.69) is 17.1 Å². The van der Waals surface area contributed by atoms with Crippen LogP contribution in [0.25, 0.3) is 0 Å². The van der Waals surface area contributed by atoms with Crippen LogP contribution in [0.2, 0.25) is 0 Å². The quantitative estimate of drug-likeness (QED) is 0.868. The summed E-state index contributed by atoms with van der Waals surface area (Å²) >= 11 is 0. The van der Waals surface area contributed by atoms with Crippen molar-refractivity contribution in [2.45, 2.75) is 32.9 Å². The van der Waals surface area contributed by atoms with E-state index >= 15 is 0 Å². The molecule has 92 valence electrons. The van der Waals surface area contributed by atoms with E-state index in [1.165, 1.54) is 0 Å². The van der Waals surface area contributed by atoms with Gasteiger partial charge in [-0.25, -0.2) is 0 Å². The zero-order valence-corrected chi connectivity index (χ0v) is 10.6. The lowest BCUT2D eigenvalue weighted by molar-refractivity contribution is 0.601. The van der Waals surface area contributed by atoms with Crippen LogP contribution in [0.15, 0.2) is 18.5 Å². The zero-order valence-electron chi connectivity index (χ0n) is 10.6. The molecule has 0 saturated heterocycles. The number of nitrogens with two attached hydrogens (primary N) is 1. The van der Waals surface area contributed by atoms with E-state index in [4.69, 9.17) is 5.73 Å². The Morgan fingerprint density at radius 2 is 2.24 bits per heavy atom. The van der Waals surface area contributed by atoms with Crippen molar-refractivity contribution in [1.82, 2.24) is 19.6 Å². The lowest BCUT2D eigenvalue weighted by Gasteiger charge is -2.09. The fourth-order valence-corrected chi connectivity index (χ4v) is 1.98. The average Bonchev–Trinajstić information content (AvgIpc) is 2.85. The largest absolute Gasteiger partial charge is 0.319 e. The second kappa shape index (κ2) is 4.71. The maximum atomic E-state index is 6.23. The highest BCUT2D eigenvalue weighted by Crippen LogP contribution is 2.19. The summed E-state index contributed by atoms with van der Waals surface area (Å²) in [6.07, 6.45) is 4.92. The minimum absolute atomic E-state index is 0.160. The van der Waals surface area contributed by atoms with Gasteiger partial charge < -0.3 is 5.73 Å². The number of rotatable bonds is 4. The lowest BCUT2D eigenvalue weighted by Crippen LogP contribution is -2.15. The monoisotopic (exact) mass is 233 g/mol. The van der Waals surface area contributed by atoms with Crippen molar-refractivity contribution < 1.29 is 0 Å². The molecule has 2 rings (SSSR count). The highest BCUT2D eigenvalue weighted by molar-refractivity contribution is 5.24. The van der Waals surface area contributed by atoms with Gasteiger partial charge in [-0.3, -0.25) is 9.36 Å². The molecule has 0 amide bonds. The van der Waals surface area contributed by atoms with Crippen LogP contribution in [0, 0.1) is 6.92 Å². The summed E-state index contributed by atoms with van der Waals surface area (Å²) in [4.78, 5) is 0. The molecule has 0 aliphatic heterocycles. The number of aryl methyl sites for hydroxylation is 3. The molecular weight excluding hydrogens is 214 g/mol. The van der Waals surface area contributed by atoms with Crippen LogP contribution in [-0.2, 0) is 13.6 Å². The van der Waals surface area contributed by atoms with Crippen LogP contribution >= 0.6 is 0 Å². The molecule has 0 spiro atoms. The van der Waals surface area contributed by atoms with Gasteiger partial charge in [-0.15, -0.1) is 0 Å². The first-order valence-electron chi connectivity index (χ1n) is 5.90. The molecule has 5 nitrogen and oxygen atoms in total. The van der Waals surface area contributed by atoms with Crippen molar-refractivity contribution in [1.29, 1.82) is 0 Å². The Bertz CT molecular complexity index is 497. The molecule has 0 aromatic carbocycles. The van der Waals surface area contributed by atoms with Crippen molar-refractivity contribution in [3.8, 4) is 0 Å². The average molecular weight is 233 g/mol. The van der Waals surface area contributed by atoms with Gasteiger partial charge in [0.05, 0.1) is 23.6 Å². The fraction of sp³-hybridized carbons (Fsp3) is 0.500. The maximum Gasteiger partial charge on any atom is 0.0754 e. The first kappa shape index (κ1) is 11.9. The van der Waals surface area contributed by atoms with Crippen LogP contribution in [0.5, 0.6) is 0 Å². The summed E-state index contributed by atoms with van der Waals surface area (Å²) in [5, 5.41) is 8.61. The van der Waals surface area contributed by atoms with Crippen LogP contribution in [-0.4, -0.2) is 19.6 Å². The van der Waals surface area contributed by atoms with Gasteiger partial charge in [0.25, 0.3) is 0 Å². The Balaban J connectivity index is 2.24. The molecule has 0 fully saturated rings. The van der Waals surface area contributed by atoms with E-state index in [1.807, 2.05) is 41.8 Å². The van der Waals surface area contributed by atoms with E-state index in [0.29, 0.717) is 0 Å². The molecule has 2 aromatic heterocycles. The fourth-order valence-electron chi connectivity index (χ4n) is 1.98. The molecule has 2 aromatic rings. The lowest BCUT2D eigenvalue weighted by atomic mass is 10.1. The molecule has 0 aliphatic carbocycles. The van der Waals surface area contributed by atoms with Crippen molar-refractivity contribution >= 4 is 0 Å². The minimum atomic E-state index is -0.160. The Morgan fingerprint density at radius 1 is 1.47 bits per heavy atom. The molecule has 1 atom stereocenters. The van der Waals surface area contributed by atoms with Gasteiger partial charge in [-0.2, -0.15) is 10.2 Å². The highest BCUT2D eigenvalue weighted by atomic mass is 15.3. The SMILES string of the molecule is CCCn1cc(C(N)c2cc(C)nn2C)cn1.